The molecule has 0 spiro atoms. The van der Waals surface area contributed by atoms with Gasteiger partial charge in [-0.2, -0.15) is 13.6 Å². The lowest BCUT2D eigenvalue weighted by atomic mass is 10.2. The van der Waals surface area contributed by atoms with Gasteiger partial charge in [0.25, 0.3) is 0 Å². The van der Waals surface area contributed by atoms with E-state index < -0.39 is 12.1 Å². The summed E-state index contributed by atoms with van der Waals surface area (Å²) in [5.74, 6) is 0. The Hall–Kier alpha value is -0.810. The summed E-state index contributed by atoms with van der Waals surface area (Å²) in [6.07, 6.45) is -0.298. The number of hydrogen-bond acceptors (Lipinski definition) is 0. The third-order valence-electron chi connectivity index (χ3n) is 1.72. The fourth-order valence-electron chi connectivity index (χ4n) is 1.26. The molecular weight excluding hydrogens is 147 g/mol. The molecular formula is C4H6F3N3. The summed E-state index contributed by atoms with van der Waals surface area (Å²) in [5.41, 5.74) is 0. The summed E-state index contributed by atoms with van der Waals surface area (Å²) in [5, 5.41) is -0.0613. The minimum absolute atomic E-state index is 0.0613. The van der Waals surface area contributed by atoms with Crippen molar-refractivity contribution < 1.29 is 13.3 Å². The first kappa shape index (κ1) is 5.94. The van der Waals surface area contributed by atoms with Gasteiger partial charge in [0.15, 0.2) is 0 Å². The SMILES string of the molecule is CC1CC(F)(F)n2n(F)n21. The van der Waals surface area contributed by atoms with E-state index in [9.17, 15) is 13.3 Å². The quantitative estimate of drug-likeness (QED) is 0.534. The Morgan fingerprint density at radius 1 is 1.50 bits per heavy atom. The number of halogens is 3. The number of alkyl halides is 2. The van der Waals surface area contributed by atoms with Gasteiger partial charge in [0.05, 0.1) is 12.5 Å². The van der Waals surface area contributed by atoms with Crippen LogP contribution in [0.5, 0.6) is 0 Å². The van der Waals surface area contributed by atoms with Gasteiger partial charge in [-0.15, -0.1) is 0 Å². The highest BCUT2D eigenvalue weighted by molar-refractivity contribution is 4.79. The highest BCUT2D eigenvalue weighted by atomic mass is 19.3. The van der Waals surface area contributed by atoms with Gasteiger partial charge >= 0.3 is 6.05 Å². The van der Waals surface area contributed by atoms with Gasteiger partial charge in [0.2, 0.25) is 0 Å². The molecule has 0 radical (unpaired) electrons. The van der Waals surface area contributed by atoms with Crippen molar-refractivity contribution in [2.75, 3.05) is 0 Å². The molecule has 6 heteroatoms. The van der Waals surface area contributed by atoms with Gasteiger partial charge in [-0.3, -0.25) is 0 Å². The summed E-state index contributed by atoms with van der Waals surface area (Å²) >= 11 is 0. The van der Waals surface area contributed by atoms with Crippen molar-refractivity contribution in [1.82, 2.24) is 14.6 Å². The average molecular weight is 153 g/mol. The molecule has 0 fully saturated rings. The van der Waals surface area contributed by atoms with Crippen molar-refractivity contribution in [1.29, 1.82) is 0 Å². The number of fused-ring (bicyclic) bond motifs is 1. The van der Waals surface area contributed by atoms with Gasteiger partial charge in [-0.1, -0.05) is 9.28 Å². The van der Waals surface area contributed by atoms with E-state index in [-0.39, 0.29) is 11.4 Å². The molecule has 1 aromatic heterocycles. The fraction of sp³-hybridized carbons (Fsp3) is 1.00. The first-order valence-corrected chi connectivity index (χ1v) is 2.97. The maximum Gasteiger partial charge on any atom is 0.362 e. The predicted octanol–water partition coefficient (Wildman–Crippen LogP) is 1.34. The molecule has 0 N–H and O–H groups in total. The average Bonchev–Trinajstić information content (AvgIpc) is 2.32. The van der Waals surface area contributed by atoms with Crippen molar-refractivity contribution >= 4 is 0 Å². The maximum absolute atomic E-state index is 12.5. The van der Waals surface area contributed by atoms with Crippen LogP contribution in [0.1, 0.15) is 19.4 Å². The zero-order valence-corrected chi connectivity index (χ0v) is 5.26. The van der Waals surface area contributed by atoms with Crippen LogP contribution in [-0.4, -0.2) is 14.6 Å². The summed E-state index contributed by atoms with van der Waals surface area (Å²) < 4.78 is 37.1. The van der Waals surface area contributed by atoms with Crippen molar-refractivity contribution in [2.45, 2.75) is 25.4 Å². The largest absolute Gasteiger partial charge is 0.362 e. The highest BCUT2D eigenvalue weighted by Gasteiger charge is 2.52. The second-order valence-corrected chi connectivity index (χ2v) is 2.57. The number of nitrogens with zero attached hydrogens (tertiary/aromatic N) is 3. The molecule has 58 valence electrons. The second-order valence-electron chi connectivity index (χ2n) is 2.57. The normalized spacial score (nSPS) is 29.4. The van der Waals surface area contributed by atoms with E-state index in [1.807, 2.05) is 0 Å². The van der Waals surface area contributed by atoms with Crippen molar-refractivity contribution in [3.8, 4) is 0 Å². The fourth-order valence-corrected chi connectivity index (χ4v) is 1.26. The van der Waals surface area contributed by atoms with Gasteiger partial charge in [0.1, 0.15) is 0 Å². The molecule has 0 saturated heterocycles. The smallest absolute Gasteiger partial charge is 0.179 e. The van der Waals surface area contributed by atoms with Crippen LogP contribution in [0, 0.1) is 0 Å². The molecule has 0 bridgehead atoms. The third kappa shape index (κ3) is 0.471. The molecule has 1 unspecified atom stereocenters. The first-order valence-electron chi connectivity index (χ1n) is 2.97. The topological polar surface area (TPSA) is 14.8 Å². The van der Waals surface area contributed by atoms with Crippen molar-refractivity contribution in [2.24, 2.45) is 0 Å². The van der Waals surface area contributed by atoms with Crippen LogP contribution in [0.25, 0.3) is 0 Å². The Morgan fingerprint density at radius 3 is 2.30 bits per heavy atom. The summed E-state index contributed by atoms with van der Waals surface area (Å²) in [6, 6.07) is -3.45. The lowest BCUT2D eigenvalue weighted by molar-refractivity contribution is -0.0923. The maximum atomic E-state index is 12.5. The summed E-state index contributed by atoms with van der Waals surface area (Å²) in [4.78, 5) is 1.21. The van der Waals surface area contributed by atoms with Crippen LogP contribution in [0.2, 0.25) is 0 Å². The lowest BCUT2D eigenvalue weighted by Crippen LogP contribution is -2.16. The molecule has 1 atom stereocenters. The minimum Gasteiger partial charge on any atom is -0.179 e. The minimum atomic E-state index is -3.02. The van der Waals surface area contributed by atoms with Crippen molar-refractivity contribution in [3.05, 3.63) is 0 Å². The molecule has 0 amide bonds. The second kappa shape index (κ2) is 1.28. The molecule has 1 aliphatic heterocycles. The van der Waals surface area contributed by atoms with Crippen molar-refractivity contribution in [3.63, 3.8) is 0 Å². The van der Waals surface area contributed by atoms with Crippen LogP contribution >= 0.6 is 0 Å². The molecule has 10 heavy (non-hydrogen) atoms. The molecule has 3 nitrogen and oxygen atoms in total. The molecule has 0 saturated carbocycles. The summed E-state index contributed by atoms with van der Waals surface area (Å²) in [7, 11) is 0. The van der Waals surface area contributed by atoms with Crippen LogP contribution in [0.4, 0.5) is 13.3 Å². The Labute approximate surface area is 54.5 Å². The molecule has 2 heterocycles. The van der Waals surface area contributed by atoms with Crippen LogP contribution < -0.4 is 0 Å². The Morgan fingerprint density at radius 2 is 2.10 bits per heavy atom. The van der Waals surface area contributed by atoms with Gasteiger partial charge in [0, 0.05) is 0 Å². The molecule has 0 aromatic carbocycles. The monoisotopic (exact) mass is 153 g/mol. The predicted molar refractivity (Wildman–Crippen MR) is 26.4 cm³/mol. The lowest BCUT2D eigenvalue weighted by Gasteiger charge is -2.06. The summed E-state index contributed by atoms with van der Waals surface area (Å²) in [6.45, 7) is 1.55. The molecule has 2 rings (SSSR count). The standard InChI is InChI=1S/C4H6F3N3/c1-3-2-4(5,6)9-8(3)10(9)7/h3H,2H2,1H3. The number of aromatic nitrogens is 3. The van der Waals surface area contributed by atoms with Gasteiger partial charge < -0.3 is 0 Å². The van der Waals surface area contributed by atoms with E-state index in [1.54, 1.807) is 6.92 Å². The molecule has 1 aliphatic rings. The van der Waals surface area contributed by atoms with E-state index in [2.05, 4.69) is 0 Å². The van der Waals surface area contributed by atoms with Crippen LogP contribution in [0.3, 0.4) is 0 Å². The van der Waals surface area contributed by atoms with E-state index in [1.165, 1.54) is 0 Å². The van der Waals surface area contributed by atoms with Gasteiger partial charge in [-0.05, 0) is 11.9 Å². The molecule has 1 aromatic rings. The van der Waals surface area contributed by atoms with E-state index >= 15 is 0 Å². The molecule has 0 aliphatic carbocycles. The zero-order chi connectivity index (χ0) is 7.52. The van der Waals surface area contributed by atoms with E-state index in [0.29, 0.717) is 4.80 Å². The Bertz CT molecular complexity index is 255. The van der Waals surface area contributed by atoms with Gasteiger partial charge in [-0.25, -0.2) is 0 Å². The van der Waals surface area contributed by atoms with E-state index in [4.69, 9.17) is 0 Å². The number of hydrogen-bond donors (Lipinski definition) is 0. The Balaban J connectivity index is 2.39. The van der Waals surface area contributed by atoms with Crippen LogP contribution in [0.15, 0.2) is 0 Å². The Kier molecular flexibility index (Phi) is 0.760. The number of rotatable bonds is 0. The third-order valence-corrected chi connectivity index (χ3v) is 1.72. The highest BCUT2D eigenvalue weighted by Crippen LogP contribution is 2.41. The van der Waals surface area contributed by atoms with Crippen LogP contribution in [-0.2, 0) is 6.05 Å². The first-order chi connectivity index (χ1) is 4.54. The van der Waals surface area contributed by atoms with E-state index in [0.717, 1.165) is 4.80 Å². The zero-order valence-electron chi connectivity index (χ0n) is 5.26.